The molecule has 0 saturated carbocycles. The van der Waals surface area contributed by atoms with Crippen molar-refractivity contribution < 1.29 is 0 Å². The number of hydrazine groups is 1. The van der Waals surface area contributed by atoms with Crippen molar-refractivity contribution >= 4 is 32.8 Å². The molecule has 0 bridgehead atoms. The molecule has 92 valence electrons. The van der Waals surface area contributed by atoms with Crippen molar-refractivity contribution in [2.45, 2.75) is 12.5 Å². The zero-order valence-corrected chi connectivity index (χ0v) is 11.4. The van der Waals surface area contributed by atoms with Gasteiger partial charge >= 0.3 is 0 Å². The van der Waals surface area contributed by atoms with E-state index in [0.29, 0.717) is 0 Å². The Morgan fingerprint density at radius 2 is 2.06 bits per heavy atom. The Bertz CT molecular complexity index is 628. The molecular formula is C14H14N2S2. The predicted octanol–water partition coefficient (Wildman–Crippen LogP) is 3.71. The summed E-state index contributed by atoms with van der Waals surface area (Å²) in [5, 5.41) is 7.82. The molecule has 0 fully saturated rings. The lowest BCUT2D eigenvalue weighted by molar-refractivity contribution is 0.555. The van der Waals surface area contributed by atoms with Gasteiger partial charge in [-0.1, -0.05) is 18.2 Å². The summed E-state index contributed by atoms with van der Waals surface area (Å²) in [4.78, 5) is 0. The predicted molar refractivity (Wildman–Crippen MR) is 79.9 cm³/mol. The van der Waals surface area contributed by atoms with E-state index in [2.05, 4.69) is 51.9 Å². The number of hydrogen-bond donors (Lipinski definition) is 2. The Balaban J connectivity index is 1.91. The third-order valence-corrected chi connectivity index (χ3v) is 4.85. The summed E-state index contributed by atoms with van der Waals surface area (Å²) in [5.74, 6) is 5.68. The van der Waals surface area contributed by atoms with Crippen LogP contribution in [0.25, 0.3) is 10.1 Å². The van der Waals surface area contributed by atoms with Crippen molar-refractivity contribution in [3.05, 3.63) is 57.6 Å². The molecule has 3 aromatic rings. The van der Waals surface area contributed by atoms with Crippen molar-refractivity contribution in [3.8, 4) is 0 Å². The molecule has 4 heteroatoms. The van der Waals surface area contributed by atoms with Gasteiger partial charge in [0.15, 0.2) is 0 Å². The average molecular weight is 274 g/mol. The third kappa shape index (κ3) is 2.20. The van der Waals surface area contributed by atoms with E-state index < -0.39 is 0 Å². The maximum atomic E-state index is 5.68. The van der Waals surface area contributed by atoms with E-state index in [9.17, 15) is 0 Å². The van der Waals surface area contributed by atoms with E-state index in [1.165, 1.54) is 21.2 Å². The molecule has 0 aliphatic rings. The summed E-state index contributed by atoms with van der Waals surface area (Å²) in [5.41, 5.74) is 5.55. The van der Waals surface area contributed by atoms with Crippen LogP contribution in [0.1, 0.15) is 17.2 Å². The first-order chi connectivity index (χ1) is 8.88. The van der Waals surface area contributed by atoms with Gasteiger partial charge in [0.25, 0.3) is 0 Å². The number of benzene rings is 1. The molecular weight excluding hydrogens is 260 g/mol. The van der Waals surface area contributed by atoms with Crippen LogP contribution in [0, 0.1) is 0 Å². The number of nitrogens with two attached hydrogens (primary N) is 1. The fraction of sp³-hybridized carbons (Fsp3) is 0.143. The molecule has 0 amide bonds. The van der Waals surface area contributed by atoms with Crippen molar-refractivity contribution in [1.29, 1.82) is 0 Å². The fourth-order valence-corrected chi connectivity index (χ4v) is 3.85. The van der Waals surface area contributed by atoms with Crippen LogP contribution >= 0.6 is 22.7 Å². The van der Waals surface area contributed by atoms with Crippen LogP contribution < -0.4 is 11.3 Å². The molecule has 1 unspecified atom stereocenters. The van der Waals surface area contributed by atoms with E-state index >= 15 is 0 Å². The normalized spacial score (nSPS) is 12.9. The Morgan fingerprint density at radius 3 is 2.83 bits per heavy atom. The fourth-order valence-electron chi connectivity index (χ4n) is 2.16. The van der Waals surface area contributed by atoms with Gasteiger partial charge in [0, 0.05) is 4.70 Å². The van der Waals surface area contributed by atoms with E-state index in [4.69, 9.17) is 5.84 Å². The van der Waals surface area contributed by atoms with Gasteiger partial charge in [-0.05, 0) is 51.2 Å². The molecule has 1 atom stereocenters. The molecule has 2 aromatic heterocycles. The number of thiophene rings is 2. The minimum Gasteiger partial charge on any atom is -0.271 e. The van der Waals surface area contributed by atoms with E-state index in [1.54, 1.807) is 22.7 Å². The first-order valence-corrected chi connectivity index (χ1v) is 7.64. The highest BCUT2D eigenvalue weighted by atomic mass is 32.1. The lowest BCUT2D eigenvalue weighted by atomic mass is 10.0. The van der Waals surface area contributed by atoms with Gasteiger partial charge in [0.2, 0.25) is 0 Å². The first-order valence-electron chi connectivity index (χ1n) is 5.82. The highest BCUT2D eigenvalue weighted by Crippen LogP contribution is 2.29. The van der Waals surface area contributed by atoms with Crippen LogP contribution in [0.2, 0.25) is 0 Å². The Hall–Kier alpha value is -1.20. The molecule has 0 aliphatic heterocycles. The third-order valence-electron chi connectivity index (χ3n) is 3.13. The van der Waals surface area contributed by atoms with Crippen molar-refractivity contribution in [2.24, 2.45) is 5.84 Å². The van der Waals surface area contributed by atoms with Crippen LogP contribution in [-0.4, -0.2) is 0 Å². The number of fused-ring (bicyclic) bond motifs is 1. The molecule has 3 N–H and O–H groups in total. The standard InChI is InChI=1S/C14H14N2S2/c15-16-13(10-5-6-17-8-10)7-11-9-18-14-4-2-1-3-12(11)14/h1-6,8-9,13,16H,7,15H2. The number of nitrogens with one attached hydrogen (secondary N) is 1. The van der Waals surface area contributed by atoms with Crippen LogP contribution in [-0.2, 0) is 6.42 Å². The minimum atomic E-state index is 0.189. The highest BCUT2D eigenvalue weighted by Gasteiger charge is 2.13. The molecule has 3 rings (SSSR count). The second kappa shape index (κ2) is 5.20. The number of hydrogen-bond acceptors (Lipinski definition) is 4. The van der Waals surface area contributed by atoms with Gasteiger partial charge < -0.3 is 0 Å². The highest BCUT2D eigenvalue weighted by molar-refractivity contribution is 7.17. The van der Waals surface area contributed by atoms with Gasteiger partial charge in [-0.2, -0.15) is 11.3 Å². The van der Waals surface area contributed by atoms with E-state index in [-0.39, 0.29) is 6.04 Å². The van der Waals surface area contributed by atoms with Gasteiger partial charge in [0.1, 0.15) is 0 Å². The van der Waals surface area contributed by atoms with Gasteiger partial charge in [-0.15, -0.1) is 11.3 Å². The van der Waals surface area contributed by atoms with Crippen LogP contribution in [0.4, 0.5) is 0 Å². The smallest absolute Gasteiger partial charge is 0.0509 e. The molecule has 2 nitrogen and oxygen atoms in total. The summed E-state index contributed by atoms with van der Waals surface area (Å²) >= 11 is 3.50. The molecule has 0 saturated heterocycles. The maximum Gasteiger partial charge on any atom is 0.0509 e. The lowest BCUT2D eigenvalue weighted by Crippen LogP contribution is -2.29. The van der Waals surface area contributed by atoms with E-state index in [1.807, 2.05) is 0 Å². The summed E-state index contributed by atoms with van der Waals surface area (Å²) < 4.78 is 1.34. The van der Waals surface area contributed by atoms with Crippen molar-refractivity contribution in [2.75, 3.05) is 0 Å². The summed E-state index contributed by atoms with van der Waals surface area (Å²) in [6, 6.07) is 10.8. The van der Waals surface area contributed by atoms with Gasteiger partial charge in [-0.3, -0.25) is 11.3 Å². The van der Waals surface area contributed by atoms with Crippen LogP contribution in [0.3, 0.4) is 0 Å². The second-order valence-corrected chi connectivity index (χ2v) is 5.93. The molecule has 2 heterocycles. The minimum absolute atomic E-state index is 0.189. The average Bonchev–Trinajstić information content (AvgIpc) is 3.06. The SMILES string of the molecule is NNC(Cc1csc2ccccc12)c1ccsc1. The van der Waals surface area contributed by atoms with Crippen molar-refractivity contribution in [3.63, 3.8) is 0 Å². The van der Waals surface area contributed by atoms with Crippen LogP contribution in [0.15, 0.2) is 46.5 Å². The van der Waals surface area contributed by atoms with Crippen molar-refractivity contribution in [1.82, 2.24) is 5.43 Å². The van der Waals surface area contributed by atoms with E-state index in [0.717, 1.165) is 6.42 Å². The zero-order chi connectivity index (χ0) is 12.4. The zero-order valence-electron chi connectivity index (χ0n) is 9.80. The van der Waals surface area contributed by atoms with Crippen LogP contribution in [0.5, 0.6) is 0 Å². The molecule has 0 spiro atoms. The Morgan fingerprint density at radius 1 is 1.17 bits per heavy atom. The molecule has 0 radical (unpaired) electrons. The summed E-state index contributed by atoms with van der Waals surface area (Å²) in [7, 11) is 0. The summed E-state index contributed by atoms with van der Waals surface area (Å²) in [6.45, 7) is 0. The van der Waals surface area contributed by atoms with Gasteiger partial charge in [-0.25, -0.2) is 0 Å². The quantitative estimate of drug-likeness (QED) is 0.562. The molecule has 1 aromatic carbocycles. The maximum absolute atomic E-state index is 5.68. The largest absolute Gasteiger partial charge is 0.271 e. The Labute approximate surface area is 114 Å². The molecule has 18 heavy (non-hydrogen) atoms. The summed E-state index contributed by atoms with van der Waals surface area (Å²) in [6.07, 6.45) is 0.928. The number of rotatable bonds is 4. The molecule has 0 aliphatic carbocycles. The topological polar surface area (TPSA) is 38.0 Å². The monoisotopic (exact) mass is 274 g/mol. The first kappa shape index (κ1) is 11.9. The lowest BCUT2D eigenvalue weighted by Gasteiger charge is -2.14. The second-order valence-electron chi connectivity index (χ2n) is 4.24. The van der Waals surface area contributed by atoms with Gasteiger partial charge in [0.05, 0.1) is 6.04 Å². The Kier molecular flexibility index (Phi) is 3.43.